The van der Waals surface area contributed by atoms with E-state index in [0.29, 0.717) is 30.3 Å². The molecule has 2 atom stereocenters. The first kappa shape index (κ1) is 12.8. The van der Waals surface area contributed by atoms with Crippen molar-refractivity contribution in [3.05, 3.63) is 23.8 Å². The van der Waals surface area contributed by atoms with E-state index in [4.69, 9.17) is 14.7 Å². The molecule has 20 heavy (non-hydrogen) atoms. The molecule has 0 bridgehead atoms. The number of ether oxygens (including phenoxy) is 2. The number of benzene rings is 1. The predicted molar refractivity (Wildman–Crippen MR) is 71.6 cm³/mol. The first-order valence-corrected chi connectivity index (χ1v) is 6.88. The highest BCUT2D eigenvalue weighted by molar-refractivity contribution is 5.98. The van der Waals surface area contributed by atoms with Crippen LogP contribution in [0.25, 0.3) is 0 Å². The molecule has 1 fully saturated rings. The van der Waals surface area contributed by atoms with E-state index in [-0.39, 0.29) is 17.9 Å². The van der Waals surface area contributed by atoms with Crippen molar-refractivity contribution in [1.82, 2.24) is 5.32 Å². The molecule has 5 heteroatoms. The van der Waals surface area contributed by atoms with Gasteiger partial charge >= 0.3 is 0 Å². The van der Waals surface area contributed by atoms with Crippen LogP contribution in [-0.4, -0.2) is 25.2 Å². The van der Waals surface area contributed by atoms with Gasteiger partial charge < -0.3 is 14.8 Å². The van der Waals surface area contributed by atoms with Crippen molar-refractivity contribution < 1.29 is 14.3 Å². The Morgan fingerprint density at radius 1 is 1.30 bits per heavy atom. The van der Waals surface area contributed by atoms with Crippen LogP contribution in [0.15, 0.2) is 18.2 Å². The van der Waals surface area contributed by atoms with E-state index in [0.717, 1.165) is 19.3 Å². The average Bonchev–Trinajstić information content (AvgIpc) is 2.93. The highest BCUT2D eigenvalue weighted by Crippen LogP contribution is 2.34. The van der Waals surface area contributed by atoms with Crippen LogP contribution in [0, 0.1) is 17.2 Å². The molecular formula is C15H16N2O3. The third-order valence-electron chi connectivity index (χ3n) is 3.81. The Morgan fingerprint density at radius 2 is 2.15 bits per heavy atom. The number of fused-ring (bicyclic) bond motifs is 1. The quantitative estimate of drug-likeness (QED) is 0.892. The third-order valence-corrected chi connectivity index (χ3v) is 3.81. The maximum atomic E-state index is 12.4. The van der Waals surface area contributed by atoms with E-state index in [1.165, 1.54) is 0 Å². The molecule has 0 saturated heterocycles. The third kappa shape index (κ3) is 2.29. The molecule has 1 aliphatic carbocycles. The van der Waals surface area contributed by atoms with Gasteiger partial charge in [0.1, 0.15) is 13.2 Å². The second-order valence-corrected chi connectivity index (χ2v) is 5.08. The fourth-order valence-corrected chi connectivity index (χ4v) is 2.79. The molecule has 1 aromatic rings. The molecule has 1 aliphatic heterocycles. The zero-order valence-electron chi connectivity index (χ0n) is 11.1. The lowest BCUT2D eigenvalue weighted by Gasteiger charge is -2.22. The van der Waals surface area contributed by atoms with Crippen LogP contribution in [0.5, 0.6) is 11.5 Å². The molecule has 0 aromatic heterocycles. The molecule has 0 spiro atoms. The Hall–Kier alpha value is -2.22. The van der Waals surface area contributed by atoms with Gasteiger partial charge in [-0.25, -0.2) is 0 Å². The lowest BCUT2D eigenvalue weighted by Crippen LogP contribution is -2.37. The summed E-state index contributed by atoms with van der Waals surface area (Å²) in [5, 5.41) is 12.0. The van der Waals surface area contributed by atoms with Gasteiger partial charge in [0.15, 0.2) is 11.5 Å². The topological polar surface area (TPSA) is 71.4 Å². The van der Waals surface area contributed by atoms with Crippen molar-refractivity contribution in [3.63, 3.8) is 0 Å². The Labute approximate surface area is 117 Å². The number of hydrogen-bond donors (Lipinski definition) is 1. The summed E-state index contributed by atoms with van der Waals surface area (Å²) in [5.41, 5.74) is 0.478. The number of carbonyl (C=O) groups excluding carboxylic acids is 1. The van der Waals surface area contributed by atoms with E-state index in [9.17, 15) is 4.79 Å². The summed E-state index contributed by atoms with van der Waals surface area (Å²) < 4.78 is 11.0. The van der Waals surface area contributed by atoms with Gasteiger partial charge in [0.2, 0.25) is 0 Å². The number of amides is 1. The van der Waals surface area contributed by atoms with Crippen LogP contribution in [0.2, 0.25) is 0 Å². The predicted octanol–water partition coefficient (Wildman–Crippen LogP) is 1.88. The normalized spacial score (nSPS) is 23.9. The van der Waals surface area contributed by atoms with Gasteiger partial charge in [0.25, 0.3) is 5.91 Å². The molecule has 104 valence electrons. The zero-order valence-corrected chi connectivity index (χ0v) is 11.1. The van der Waals surface area contributed by atoms with Crippen molar-refractivity contribution in [1.29, 1.82) is 5.26 Å². The minimum absolute atomic E-state index is 0.0622. The summed E-state index contributed by atoms with van der Waals surface area (Å²) in [4.78, 5) is 12.4. The van der Waals surface area contributed by atoms with Crippen LogP contribution >= 0.6 is 0 Å². The highest BCUT2D eigenvalue weighted by atomic mass is 16.6. The van der Waals surface area contributed by atoms with Gasteiger partial charge in [-0.2, -0.15) is 5.26 Å². The SMILES string of the molecule is N#CC1CCCC1NC(=O)c1cccc2c1OCCO2. The number of para-hydroxylation sites is 1. The number of nitriles is 1. The first-order valence-electron chi connectivity index (χ1n) is 6.88. The van der Waals surface area contributed by atoms with Gasteiger partial charge in [-0.15, -0.1) is 0 Å². The molecule has 1 heterocycles. The maximum absolute atomic E-state index is 12.4. The van der Waals surface area contributed by atoms with Crippen LogP contribution in [-0.2, 0) is 0 Å². The molecule has 1 saturated carbocycles. The molecule has 2 aliphatic rings. The number of nitrogens with one attached hydrogen (secondary N) is 1. The molecule has 5 nitrogen and oxygen atoms in total. The molecule has 0 radical (unpaired) electrons. The van der Waals surface area contributed by atoms with Gasteiger partial charge in [0, 0.05) is 6.04 Å². The maximum Gasteiger partial charge on any atom is 0.255 e. The summed E-state index contributed by atoms with van der Waals surface area (Å²) in [6, 6.07) is 7.49. The average molecular weight is 272 g/mol. The van der Waals surface area contributed by atoms with Crippen molar-refractivity contribution in [2.24, 2.45) is 5.92 Å². The fourth-order valence-electron chi connectivity index (χ4n) is 2.79. The van der Waals surface area contributed by atoms with Gasteiger partial charge in [-0.1, -0.05) is 6.07 Å². The monoisotopic (exact) mass is 272 g/mol. The standard InChI is InChI=1S/C15H16N2O3/c16-9-10-3-1-5-12(10)17-15(18)11-4-2-6-13-14(11)20-8-7-19-13/h2,4,6,10,12H,1,3,5,7-8H2,(H,17,18). The summed E-state index contributed by atoms with van der Waals surface area (Å²) in [6.07, 6.45) is 2.69. The number of hydrogen-bond acceptors (Lipinski definition) is 4. The smallest absolute Gasteiger partial charge is 0.255 e. The van der Waals surface area contributed by atoms with Crippen molar-refractivity contribution in [2.75, 3.05) is 13.2 Å². The van der Waals surface area contributed by atoms with Crippen molar-refractivity contribution in [2.45, 2.75) is 25.3 Å². The number of carbonyl (C=O) groups is 1. The van der Waals surface area contributed by atoms with E-state index in [1.807, 2.05) is 0 Å². The van der Waals surface area contributed by atoms with E-state index < -0.39 is 0 Å². The number of rotatable bonds is 2. The van der Waals surface area contributed by atoms with Gasteiger partial charge in [-0.3, -0.25) is 4.79 Å². The van der Waals surface area contributed by atoms with Crippen LogP contribution in [0.3, 0.4) is 0 Å². The van der Waals surface area contributed by atoms with Gasteiger partial charge in [-0.05, 0) is 31.4 Å². The molecule has 2 unspecified atom stereocenters. The molecule has 1 N–H and O–H groups in total. The van der Waals surface area contributed by atoms with Crippen molar-refractivity contribution in [3.8, 4) is 17.6 Å². The van der Waals surface area contributed by atoms with Gasteiger partial charge in [0.05, 0.1) is 17.6 Å². The highest BCUT2D eigenvalue weighted by Gasteiger charge is 2.30. The minimum atomic E-state index is -0.195. The van der Waals surface area contributed by atoms with E-state index in [2.05, 4.69) is 11.4 Å². The lowest BCUT2D eigenvalue weighted by molar-refractivity contribution is 0.0922. The summed E-state index contributed by atoms with van der Waals surface area (Å²) >= 11 is 0. The van der Waals surface area contributed by atoms with Crippen molar-refractivity contribution >= 4 is 5.91 Å². The Kier molecular flexibility index (Phi) is 3.46. The summed E-state index contributed by atoms with van der Waals surface area (Å²) in [6.45, 7) is 0.943. The summed E-state index contributed by atoms with van der Waals surface area (Å²) in [7, 11) is 0. The van der Waals surface area contributed by atoms with E-state index >= 15 is 0 Å². The molecule has 1 aromatic carbocycles. The number of nitrogens with zero attached hydrogens (tertiary/aromatic N) is 1. The Balaban J connectivity index is 1.79. The second-order valence-electron chi connectivity index (χ2n) is 5.08. The first-order chi connectivity index (χ1) is 9.79. The molecule has 3 rings (SSSR count). The van der Waals surface area contributed by atoms with Crippen LogP contribution in [0.4, 0.5) is 0 Å². The second kappa shape index (κ2) is 5.41. The van der Waals surface area contributed by atoms with Crippen LogP contribution in [0.1, 0.15) is 29.6 Å². The van der Waals surface area contributed by atoms with E-state index in [1.54, 1.807) is 18.2 Å². The van der Waals surface area contributed by atoms with Crippen LogP contribution < -0.4 is 14.8 Å². The summed E-state index contributed by atoms with van der Waals surface area (Å²) in [5.74, 6) is 0.824. The fraction of sp³-hybridized carbons (Fsp3) is 0.467. The largest absolute Gasteiger partial charge is 0.486 e. The Morgan fingerprint density at radius 3 is 3.00 bits per heavy atom. The minimum Gasteiger partial charge on any atom is -0.486 e. The zero-order chi connectivity index (χ0) is 13.9. The molecule has 1 amide bonds. The Bertz CT molecular complexity index is 565. The molecular weight excluding hydrogens is 256 g/mol. The lowest BCUT2D eigenvalue weighted by atomic mass is 10.0.